The Morgan fingerprint density at radius 1 is 1.55 bits per heavy atom. The second-order valence-electron chi connectivity index (χ2n) is 4.14. The van der Waals surface area contributed by atoms with Crippen molar-refractivity contribution >= 4 is 39.7 Å². The number of hydrogen-bond acceptors (Lipinski definition) is 4. The van der Waals surface area contributed by atoms with E-state index < -0.39 is 0 Å². The van der Waals surface area contributed by atoms with Crippen molar-refractivity contribution in [1.82, 2.24) is 0 Å². The van der Waals surface area contributed by atoms with Gasteiger partial charge in [0, 0.05) is 15.8 Å². The molecule has 0 fully saturated rings. The van der Waals surface area contributed by atoms with Gasteiger partial charge in [0.2, 0.25) is 5.91 Å². The molecule has 0 radical (unpaired) electrons. The normalized spacial score (nSPS) is 10.7. The molecular weight excluding hydrogens is 288 g/mol. The molecule has 1 N–H and O–H groups in total. The average molecular weight is 302 g/mol. The van der Waals surface area contributed by atoms with Gasteiger partial charge in [-0.3, -0.25) is 4.79 Å². The van der Waals surface area contributed by atoms with Crippen LogP contribution in [0.3, 0.4) is 0 Å². The molecule has 3 nitrogen and oxygen atoms in total. The summed E-state index contributed by atoms with van der Waals surface area (Å²) < 4.78 is 0. The molecule has 0 aliphatic heterocycles. The minimum Gasteiger partial charge on any atom is -0.313 e. The number of hydrogen-bond donors (Lipinski definition) is 1. The first-order chi connectivity index (χ1) is 9.65. The van der Waals surface area contributed by atoms with Gasteiger partial charge in [0.05, 0.1) is 5.56 Å². The molecule has 0 bridgehead atoms. The standard InChI is InChI=1S/C15H14N2OS2/c1-3-12-10(2)20-15(13(12)9-16)17-14(18)7-6-11-5-4-8-19-11/h4-8H,3H2,1-2H3,(H,17,18)/b7-6+. The number of nitriles is 1. The Kier molecular flexibility index (Phi) is 4.72. The number of amides is 1. The highest BCUT2D eigenvalue weighted by atomic mass is 32.1. The highest BCUT2D eigenvalue weighted by Crippen LogP contribution is 2.32. The summed E-state index contributed by atoms with van der Waals surface area (Å²) in [5.74, 6) is -0.209. The van der Waals surface area contributed by atoms with Crippen LogP contribution in [0.15, 0.2) is 23.6 Å². The van der Waals surface area contributed by atoms with Gasteiger partial charge in [-0.05, 0) is 36.4 Å². The molecule has 0 saturated heterocycles. The van der Waals surface area contributed by atoms with E-state index in [4.69, 9.17) is 0 Å². The molecule has 1 amide bonds. The number of aryl methyl sites for hydroxylation is 1. The fourth-order valence-corrected chi connectivity index (χ4v) is 3.62. The Labute approximate surface area is 126 Å². The first-order valence-corrected chi connectivity index (χ1v) is 7.90. The van der Waals surface area contributed by atoms with E-state index >= 15 is 0 Å². The van der Waals surface area contributed by atoms with Gasteiger partial charge in [-0.1, -0.05) is 13.0 Å². The summed E-state index contributed by atoms with van der Waals surface area (Å²) in [6.07, 6.45) is 4.06. The van der Waals surface area contributed by atoms with Crippen LogP contribution < -0.4 is 5.32 Å². The fraction of sp³-hybridized carbons (Fsp3) is 0.200. The Bertz CT molecular complexity index is 676. The molecule has 0 aliphatic carbocycles. The molecule has 2 aromatic heterocycles. The Morgan fingerprint density at radius 2 is 2.35 bits per heavy atom. The topological polar surface area (TPSA) is 52.9 Å². The zero-order chi connectivity index (χ0) is 14.5. The second-order valence-corrected chi connectivity index (χ2v) is 6.35. The Morgan fingerprint density at radius 3 is 2.95 bits per heavy atom. The van der Waals surface area contributed by atoms with E-state index in [1.165, 1.54) is 17.4 Å². The largest absolute Gasteiger partial charge is 0.313 e. The third kappa shape index (κ3) is 3.16. The quantitative estimate of drug-likeness (QED) is 0.860. The summed E-state index contributed by atoms with van der Waals surface area (Å²) >= 11 is 3.03. The summed E-state index contributed by atoms with van der Waals surface area (Å²) in [5, 5.41) is 14.6. The summed E-state index contributed by atoms with van der Waals surface area (Å²) in [6.45, 7) is 3.99. The van der Waals surface area contributed by atoms with Gasteiger partial charge in [0.25, 0.3) is 0 Å². The summed E-state index contributed by atoms with van der Waals surface area (Å²) in [4.78, 5) is 14.0. The number of nitrogens with zero attached hydrogens (tertiary/aromatic N) is 1. The predicted molar refractivity (Wildman–Crippen MR) is 85.1 cm³/mol. The van der Waals surface area contributed by atoms with Crippen LogP contribution in [0.1, 0.15) is 27.8 Å². The van der Waals surface area contributed by atoms with Gasteiger partial charge in [-0.25, -0.2) is 0 Å². The number of anilines is 1. The molecule has 0 unspecified atom stereocenters. The van der Waals surface area contributed by atoms with E-state index in [1.807, 2.05) is 31.4 Å². The van der Waals surface area contributed by atoms with Crippen LogP contribution in [-0.4, -0.2) is 5.91 Å². The lowest BCUT2D eigenvalue weighted by Crippen LogP contribution is -2.07. The third-order valence-corrected chi connectivity index (χ3v) is 4.75. The summed E-state index contributed by atoms with van der Waals surface area (Å²) in [7, 11) is 0. The third-order valence-electron chi connectivity index (χ3n) is 2.85. The maximum atomic E-state index is 11.9. The molecule has 0 aliphatic rings. The lowest BCUT2D eigenvalue weighted by molar-refractivity contribution is -0.111. The monoisotopic (exact) mass is 302 g/mol. The molecule has 5 heteroatoms. The zero-order valence-corrected chi connectivity index (χ0v) is 12.9. The minimum absolute atomic E-state index is 0.209. The Balaban J connectivity index is 2.14. The van der Waals surface area contributed by atoms with E-state index in [2.05, 4.69) is 11.4 Å². The molecule has 2 aromatic rings. The van der Waals surface area contributed by atoms with Gasteiger partial charge in [-0.2, -0.15) is 5.26 Å². The SMILES string of the molecule is CCc1c(C)sc(NC(=O)/C=C/c2cccs2)c1C#N. The highest BCUT2D eigenvalue weighted by molar-refractivity contribution is 7.16. The molecule has 0 spiro atoms. The van der Waals surface area contributed by atoms with Crippen molar-refractivity contribution < 1.29 is 4.79 Å². The summed E-state index contributed by atoms with van der Waals surface area (Å²) in [5.41, 5.74) is 1.61. The van der Waals surface area contributed by atoms with Crippen molar-refractivity contribution in [3.05, 3.63) is 44.5 Å². The van der Waals surface area contributed by atoms with Gasteiger partial charge in [0.15, 0.2) is 0 Å². The first-order valence-electron chi connectivity index (χ1n) is 6.20. The van der Waals surface area contributed by atoms with Gasteiger partial charge in [0.1, 0.15) is 11.1 Å². The van der Waals surface area contributed by atoms with Crippen LogP contribution in [0, 0.1) is 18.3 Å². The van der Waals surface area contributed by atoms with Crippen LogP contribution in [-0.2, 0) is 11.2 Å². The minimum atomic E-state index is -0.209. The fourth-order valence-electron chi connectivity index (χ4n) is 1.91. The number of carbonyl (C=O) groups excluding carboxylic acids is 1. The smallest absolute Gasteiger partial charge is 0.249 e. The lowest BCUT2D eigenvalue weighted by atomic mass is 10.1. The van der Waals surface area contributed by atoms with Crippen LogP contribution in [0.5, 0.6) is 0 Å². The summed E-state index contributed by atoms with van der Waals surface area (Å²) in [6, 6.07) is 6.07. The molecule has 0 aromatic carbocycles. The van der Waals surface area contributed by atoms with Gasteiger partial charge >= 0.3 is 0 Å². The van der Waals surface area contributed by atoms with Gasteiger partial charge < -0.3 is 5.32 Å². The Hall–Kier alpha value is -1.90. The van der Waals surface area contributed by atoms with Crippen molar-refractivity contribution in [3.63, 3.8) is 0 Å². The highest BCUT2D eigenvalue weighted by Gasteiger charge is 2.15. The van der Waals surface area contributed by atoms with Crippen molar-refractivity contribution in [2.24, 2.45) is 0 Å². The zero-order valence-electron chi connectivity index (χ0n) is 11.3. The molecule has 102 valence electrons. The molecule has 0 atom stereocenters. The molecule has 0 saturated carbocycles. The number of carbonyl (C=O) groups is 1. The van der Waals surface area contributed by atoms with Crippen LogP contribution in [0.25, 0.3) is 6.08 Å². The van der Waals surface area contributed by atoms with Crippen LogP contribution in [0.2, 0.25) is 0 Å². The maximum Gasteiger partial charge on any atom is 0.249 e. The van der Waals surface area contributed by atoms with Gasteiger partial charge in [-0.15, -0.1) is 22.7 Å². The predicted octanol–water partition coefficient (Wildman–Crippen LogP) is 4.20. The van der Waals surface area contributed by atoms with Crippen LogP contribution >= 0.6 is 22.7 Å². The van der Waals surface area contributed by atoms with E-state index in [-0.39, 0.29) is 5.91 Å². The van der Waals surface area contributed by atoms with Crippen molar-refractivity contribution in [3.8, 4) is 6.07 Å². The number of thiophene rings is 2. The molecular formula is C15H14N2OS2. The lowest BCUT2D eigenvalue weighted by Gasteiger charge is -1.99. The van der Waals surface area contributed by atoms with E-state index in [0.29, 0.717) is 10.6 Å². The van der Waals surface area contributed by atoms with Crippen molar-refractivity contribution in [2.45, 2.75) is 20.3 Å². The first kappa shape index (κ1) is 14.5. The molecule has 2 heterocycles. The second kappa shape index (κ2) is 6.51. The van der Waals surface area contributed by atoms with Crippen molar-refractivity contribution in [1.29, 1.82) is 5.26 Å². The van der Waals surface area contributed by atoms with Crippen molar-refractivity contribution in [2.75, 3.05) is 5.32 Å². The molecule has 2 rings (SSSR count). The molecule has 20 heavy (non-hydrogen) atoms. The number of rotatable bonds is 4. The van der Waals surface area contributed by atoms with E-state index in [9.17, 15) is 10.1 Å². The maximum absolute atomic E-state index is 11.9. The van der Waals surface area contributed by atoms with Crippen LogP contribution in [0.4, 0.5) is 5.00 Å². The number of nitrogens with one attached hydrogen (secondary N) is 1. The average Bonchev–Trinajstić information content (AvgIpc) is 3.03. The van der Waals surface area contributed by atoms with E-state index in [0.717, 1.165) is 21.7 Å². The van der Waals surface area contributed by atoms with E-state index in [1.54, 1.807) is 17.4 Å².